The van der Waals surface area contributed by atoms with Crippen LogP contribution in [0.5, 0.6) is 0 Å². The summed E-state index contributed by atoms with van der Waals surface area (Å²) in [6.45, 7) is -0.00148. The third kappa shape index (κ3) is 6.08. The highest BCUT2D eigenvalue weighted by atomic mass is 19.4. The van der Waals surface area contributed by atoms with Gasteiger partial charge in [-0.2, -0.15) is 18.3 Å². The summed E-state index contributed by atoms with van der Waals surface area (Å²) in [6, 6.07) is 3.74. The first-order chi connectivity index (χ1) is 12.7. The fraction of sp³-hybridized carbons (Fsp3) is 0.611. The molecule has 9 heteroatoms. The molecule has 1 fully saturated rings. The predicted octanol–water partition coefficient (Wildman–Crippen LogP) is 3.10. The number of hydrogen-bond acceptors (Lipinski definition) is 4. The molecule has 0 bridgehead atoms. The molecule has 0 aliphatic heterocycles. The first-order valence-corrected chi connectivity index (χ1v) is 9.00. The molecule has 0 radical (unpaired) electrons. The van der Waals surface area contributed by atoms with E-state index in [0.29, 0.717) is 5.56 Å². The molecule has 0 saturated heterocycles. The third-order valence-corrected chi connectivity index (χ3v) is 4.82. The smallest absolute Gasteiger partial charge is 0.376 e. The number of benzene rings is 1. The molecule has 1 aromatic carbocycles. The highest BCUT2D eigenvalue weighted by Crippen LogP contribution is 2.39. The molecular formula is C18H28F3N5O. The van der Waals surface area contributed by atoms with Gasteiger partial charge in [0.25, 0.3) is 0 Å². The second-order valence-electron chi connectivity index (χ2n) is 6.89. The number of aliphatic imine (C=N–C) groups is 1. The first kappa shape index (κ1) is 21.5. The quantitative estimate of drug-likeness (QED) is 0.302. The number of hydrogen-bond donors (Lipinski definition) is 3. The van der Waals surface area contributed by atoms with Gasteiger partial charge >= 0.3 is 6.18 Å². The molecule has 5 N–H and O–H groups in total. The third-order valence-electron chi connectivity index (χ3n) is 4.82. The molecule has 152 valence electrons. The zero-order valence-electron chi connectivity index (χ0n) is 15.7. The van der Waals surface area contributed by atoms with Crippen molar-refractivity contribution in [2.24, 2.45) is 22.5 Å². The number of rotatable bonds is 6. The molecule has 1 aromatic rings. The number of halogens is 3. The molecule has 1 aliphatic carbocycles. The van der Waals surface area contributed by atoms with E-state index in [0.717, 1.165) is 48.5 Å². The van der Waals surface area contributed by atoms with Gasteiger partial charge < -0.3 is 10.5 Å². The maximum Gasteiger partial charge on any atom is 0.416 e. The Kier molecular flexibility index (Phi) is 7.46. The highest BCUT2D eigenvalue weighted by molar-refractivity contribution is 5.77. The molecule has 1 atom stereocenters. The van der Waals surface area contributed by atoms with Crippen LogP contribution in [0, 0.1) is 5.92 Å². The van der Waals surface area contributed by atoms with Crippen molar-refractivity contribution >= 4 is 5.96 Å². The van der Waals surface area contributed by atoms with E-state index < -0.39 is 11.7 Å². The number of guanidine groups is 1. The Morgan fingerprint density at radius 1 is 1.33 bits per heavy atom. The highest BCUT2D eigenvalue weighted by Gasteiger charge is 2.33. The Morgan fingerprint density at radius 3 is 2.56 bits per heavy atom. The van der Waals surface area contributed by atoms with Crippen LogP contribution in [0.15, 0.2) is 23.2 Å². The van der Waals surface area contributed by atoms with Crippen LogP contribution in [0.4, 0.5) is 13.2 Å². The normalized spacial score (nSPS) is 18.0. The Hall–Kier alpha value is -1.84. The van der Waals surface area contributed by atoms with Gasteiger partial charge in [-0.25, -0.2) is 4.99 Å². The predicted molar refractivity (Wildman–Crippen MR) is 98.2 cm³/mol. The van der Waals surface area contributed by atoms with Crippen LogP contribution in [-0.4, -0.2) is 25.2 Å². The zero-order chi connectivity index (χ0) is 20.0. The molecule has 6 nitrogen and oxygen atoms in total. The fourth-order valence-corrected chi connectivity index (χ4v) is 3.59. The van der Waals surface area contributed by atoms with Gasteiger partial charge in [-0.15, -0.1) is 0 Å². The van der Waals surface area contributed by atoms with Crippen molar-refractivity contribution < 1.29 is 17.9 Å². The second kappa shape index (κ2) is 9.38. The van der Waals surface area contributed by atoms with E-state index in [2.05, 4.69) is 10.4 Å². The van der Waals surface area contributed by atoms with Crippen LogP contribution in [0.2, 0.25) is 0 Å². The van der Waals surface area contributed by atoms with Crippen molar-refractivity contribution in [3.63, 3.8) is 0 Å². The molecule has 0 aromatic heterocycles. The van der Waals surface area contributed by atoms with Gasteiger partial charge in [-0.05, 0) is 42.0 Å². The Bertz CT molecular complexity index is 642. The summed E-state index contributed by atoms with van der Waals surface area (Å²) in [6.07, 6.45) is 0.728. The van der Waals surface area contributed by atoms with Crippen molar-refractivity contribution in [3.05, 3.63) is 34.9 Å². The summed E-state index contributed by atoms with van der Waals surface area (Å²) in [4.78, 5) is 4.12. The van der Waals surface area contributed by atoms with Crippen LogP contribution in [0.25, 0.3) is 0 Å². The van der Waals surface area contributed by atoms with Gasteiger partial charge in [-0.3, -0.25) is 11.3 Å². The summed E-state index contributed by atoms with van der Waals surface area (Å²) in [5.41, 5.74) is 8.75. The Balaban J connectivity index is 2.36. The van der Waals surface area contributed by atoms with Crippen molar-refractivity contribution in [1.82, 2.24) is 10.5 Å². The lowest BCUT2D eigenvalue weighted by Gasteiger charge is -2.31. The second-order valence-corrected chi connectivity index (χ2v) is 6.89. The van der Waals surface area contributed by atoms with E-state index in [4.69, 9.17) is 16.3 Å². The van der Waals surface area contributed by atoms with Crippen molar-refractivity contribution in [1.29, 1.82) is 0 Å². The summed E-state index contributed by atoms with van der Waals surface area (Å²) in [7, 11) is 3.13. The maximum atomic E-state index is 13.2. The van der Waals surface area contributed by atoms with E-state index in [9.17, 15) is 13.2 Å². The number of nitrogens with two attached hydrogens (primary N) is 2. The SMILES string of the molecule is COC(c1ccc(C(F)(F)F)cc1CN=C(N)NN(C)N)C1CCCCC1. The number of ether oxygens (including phenoxy) is 1. The molecule has 1 aliphatic rings. The van der Waals surface area contributed by atoms with E-state index in [-0.39, 0.29) is 24.5 Å². The first-order valence-electron chi connectivity index (χ1n) is 9.00. The average molecular weight is 387 g/mol. The van der Waals surface area contributed by atoms with Gasteiger partial charge in [0.05, 0.1) is 18.2 Å². The minimum Gasteiger partial charge on any atom is -0.376 e. The minimum absolute atomic E-state index is 0.00148. The van der Waals surface area contributed by atoms with Gasteiger partial charge in [0, 0.05) is 14.2 Å². The van der Waals surface area contributed by atoms with Gasteiger partial charge in [-0.1, -0.05) is 25.3 Å². The number of methoxy groups -OCH3 is 1. The molecule has 0 heterocycles. The number of hydrazine groups is 2. The van der Waals surface area contributed by atoms with Crippen molar-refractivity contribution in [2.75, 3.05) is 14.2 Å². The van der Waals surface area contributed by atoms with Crippen LogP contribution < -0.4 is 17.0 Å². The molecular weight excluding hydrogens is 359 g/mol. The van der Waals surface area contributed by atoms with E-state index in [1.54, 1.807) is 7.11 Å². The Labute approximate surface area is 157 Å². The van der Waals surface area contributed by atoms with Crippen LogP contribution in [-0.2, 0) is 17.5 Å². The Morgan fingerprint density at radius 2 is 2.00 bits per heavy atom. The molecule has 1 unspecified atom stereocenters. The lowest BCUT2D eigenvalue weighted by Crippen LogP contribution is -2.47. The monoisotopic (exact) mass is 387 g/mol. The zero-order valence-corrected chi connectivity index (χ0v) is 15.7. The lowest BCUT2D eigenvalue weighted by molar-refractivity contribution is -0.137. The largest absolute Gasteiger partial charge is 0.416 e. The van der Waals surface area contributed by atoms with Gasteiger partial charge in [0.2, 0.25) is 5.96 Å². The van der Waals surface area contributed by atoms with Gasteiger partial charge in [0.15, 0.2) is 0 Å². The van der Waals surface area contributed by atoms with Crippen molar-refractivity contribution in [2.45, 2.75) is 50.9 Å². The molecule has 1 saturated carbocycles. The minimum atomic E-state index is -4.42. The number of nitrogens with zero attached hydrogens (tertiary/aromatic N) is 2. The number of nitrogens with one attached hydrogen (secondary N) is 1. The van der Waals surface area contributed by atoms with E-state index >= 15 is 0 Å². The topological polar surface area (TPSA) is 88.9 Å². The van der Waals surface area contributed by atoms with Crippen LogP contribution in [0.1, 0.15) is 54.9 Å². The van der Waals surface area contributed by atoms with Crippen LogP contribution >= 0.6 is 0 Å². The molecule has 27 heavy (non-hydrogen) atoms. The van der Waals surface area contributed by atoms with E-state index in [1.165, 1.54) is 19.5 Å². The van der Waals surface area contributed by atoms with Crippen molar-refractivity contribution in [3.8, 4) is 0 Å². The summed E-state index contributed by atoms with van der Waals surface area (Å²) in [5.74, 6) is 5.74. The summed E-state index contributed by atoms with van der Waals surface area (Å²) < 4.78 is 45.3. The summed E-state index contributed by atoms with van der Waals surface area (Å²) in [5, 5.41) is 1.12. The van der Waals surface area contributed by atoms with E-state index in [1.807, 2.05) is 0 Å². The summed E-state index contributed by atoms with van der Waals surface area (Å²) >= 11 is 0. The molecule has 0 spiro atoms. The number of alkyl halides is 3. The molecule has 2 rings (SSSR count). The fourth-order valence-electron chi connectivity index (χ4n) is 3.59. The van der Waals surface area contributed by atoms with Crippen LogP contribution in [0.3, 0.4) is 0 Å². The standard InChI is InChI=1S/C18H28F3N5O/c1-26(23)25-17(22)24-11-13-10-14(18(19,20)21)8-9-15(13)16(27-2)12-6-4-3-5-7-12/h8-10,12,16H,3-7,11,23H2,1-2H3,(H3,22,24,25). The average Bonchev–Trinajstić information content (AvgIpc) is 2.61. The van der Waals surface area contributed by atoms with Gasteiger partial charge in [0.1, 0.15) is 0 Å². The molecule has 0 amide bonds. The lowest BCUT2D eigenvalue weighted by atomic mass is 9.81. The maximum absolute atomic E-state index is 13.2.